The van der Waals surface area contributed by atoms with E-state index in [-0.39, 0.29) is 10.6 Å². The number of anilines is 2. The summed E-state index contributed by atoms with van der Waals surface area (Å²) in [5.74, 6) is -1.61. The van der Waals surface area contributed by atoms with Crippen LogP contribution in [0.5, 0.6) is 0 Å². The Morgan fingerprint density at radius 3 is 2.58 bits per heavy atom. The SMILES string of the molecule is CN(Cc1nccs1)c1ccc(S(=O)(=O)Nc2ccc(F)c(F)c2)cn1. The lowest BCUT2D eigenvalue weighted by molar-refractivity contribution is 0.509. The molecule has 26 heavy (non-hydrogen) atoms. The van der Waals surface area contributed by atoms with Crippen molar-refractivity contribution in [2.24, 2.45) is 0 Å². The minimum Gasteiger partial charge on any atom is -0.353 e. The monoisotopic (exact) mass is 396 g/mol. The van der Waals surface area contributed by atoms with E-state index >= 15 is 0 Å². The Morgan fingerprint density at radius 1 is 1.15 bits per heavy atom. The van der Waals surface area contributed by atoms with Gasteiger partial charge >= 0.3 is 0 Å². The molecule has 6 nitrogen and oxygen atoms in total. The van der Waals surface area contributed by atoms with E-state index in [1.54, 1.807) is 12.3 Å². The summed E-state index contributed by atoms with van der Waals surface area (Å²) < 4.78 is 53.0. The molecule has 0 radical (unpaired) electrons. The van der Waals surface area contributed by atoms with Gasteiger partial charge in [-0.05, 0) is 24.3 Å². The molecule has 0 atom stereocenters. The average molecular weight is 396 g/mol. The molecule has 2 aromatic heterocycles. The van der Waals surface area contributed by atoms with Crippen LogP contribution in [0.25, 0.3) is 0 Å². The first kappa shape index (κ1) is 18.2. The Labute approximate surface area is 153 Å². The highest BCUT2D eigenvalue weighted by molar-refractivity contribution is 7.92. The molecule has 0 aliphatic carbocycles. The number of hydrogen-bond donors (Lipinski definition) is 1. The molecule has 0 unspecified atom stereocenters. The molecule has 0 spiro atoms. The van der Waals surface area contributed by atoms with Gasteiger partial charge in [0.05, 0.1) is 12.2 Å². The summed E-state index contributed by atoms with van der Waals surface area (Å²) in [5, 5.41) is 2.78. The van der Waals surface area contributed by atoms with Gasteiger partial charge in [0, 0.05) is 30.9 Å². The van der Waals surface area contributed by atoms with Crippen molar-refractivity contribution in [3.8, 4) is 0 Å². The number of thiazole rings is 1. The number of nitrogens with zero attached hydrogens (tertiary/aromatic N) is 3. The quantitative estimate of drug-likeness (QED) is 0.692. The number of rotatable bonds is 6. The molecule has 0 fully saturated rings. The molecule has 3 aromatic rings. The second-order valence-corrected chi connectivity index (χ2v) is 8.03. The zero-order valence-corrected chi connectivity index (χ0v) is 15.2. The van der Waals surface area contributed by atoms with Gasteiger partial charge in [-0.15, -0.1) is 11.3 Å². The Bertz CT molecular complexity index is 994. The summed E-state index contributed by atoms with van der Waals surface area (Å²) in [6, 6.07) is 5.72. The van der Waals surface area contributed by atoms with E-state index in [1.807, 2.05) is 17.3 Å². The minimum absolute atomic E-state index is 0.0751. The summed E-state index contributed by atoms with van der Waals surface area (Å²) in [7, 11) is -2.15. The first-order valence-corrected chi connectivity index (χ1v) is 9.75. The maximum atomic E-state index is 13.2. The van der Waals surface area contributed by atoms with Crippen LogP contribution in [0.3, 0.4) is 0 Å². The molecule has 0 saturated carbocycles. The fourth-order valence-corrected chi connectivity index (χ4v) is 3.81. The van der Waals surface area contributed by atoms with Crippen LogP contribution in [0.4, 0.5) is 20.3 Å². The number of nitrogens with one attached hydrogen (secondary N) is 1. The zero-order valence-electron chi connectivity index (χ0n) is 13.6. The molecule has 0 bridgehead atoms. The maximum absolute atomic E-state index is 13.2. The van der Waals surface area contributed by atoms with Crippen molar-refractivity contribution >= 4 is 32.9 Å². The van der Waals surface area contributed by atoms with E-state index in [0.717, 1.165) is 23.2 Å². The van der Waals surface area contributed by atoms with Crippen molar-refractivity contribution in [3.63, 3.8) is 0 Å². The fraction of sp³-hybridized carbons (Fsp3) is 0.125. The highest BCUT2D eigenvalue weighted by Crippen LogP contribution is 2.20. The van der Waals surface area contributed by atoms with Crippen LogP contribution in [0, 0.1) is 11.6 Å². The van der Waals surface area contributed by atoms with Crippen LogP contribution in [-0.4, -0.2) is 25.4 Å². The van der Waals surface area contributed by atoms with Crippen LogP contribution < -0.4 is 9.62 Å². The number of hydrogen-bond acceptors (Lipinski definition) is 6. The first-order chi connectivity index (χ1) is 12.3. The van der Waals surface area contributed by atoms with E-state index in [1.165, 1.54) is 23.6 Å². The number of aromatic nitrogens is 2. The van der Waals surface area contributed by atoms with Crippen LogP contribution in [0.2, 0.25) is 0 Å². The van der Waals surface area contributed by atoms with Gasteiger partial charge in [0.25, 0.3) is 10.0 Å². The fourth-order valence-electron chi connectivity index (χ4n) is 2.15. The lowest BCUT2D eigenvalue weighted by atomic mass is 10.3. The Balaban J connectivity index is 1.75. The summed E-state index contributed by atoms with van der Waals surface area (Å²) in [4.78, 5) is 10.1. The van der Waals surface area contributed by atoms with Crippen molar-refractivity contribution in [2.75, 3.05) is 16.7 Å². The Hall–Kier alpha value is -2.59. The predicted octanol–water partition coefficient (Wildman–Crippen LogP) is 3.25. The summed E-state index contributed by atoms with van der Waals surface area (Å²) in [6.07, 6.45) is 2.91. The minimum atomic E-state index is -3.97. The highest BCUT2D eigenvalue weighted by atomic mass is 32.2. The third kappa shape index (κ3) is 4.14. The lowest BCUT2D eigenvalue weighted by Crippen LogP contribution is -2.18. The molecular weight excluding hydrogens is 382 g/mol. The van der Waals surface area contributed by atoms with E-state index in [9.17, 15) is 17.2 Å². The van der Waals surface area contributed by atoms with E-state index in [2.05, 4.69) is 14.7 Å². The topological polar surface area (TPSA) is 75.2 Å². The molecule has 2 heterocycles. The molecule has 0 aliphatic heterocycles. The predicted molar refractivity (Wildman–Crippen MR) is 95.6 cm³/mol. The lowest BCUT2D eigenvalue weighted by Gasteiger charge is -2.17. The van der Waals surface area contributed by atoms with Gasteiger partial charge in [0.2, 0.25) is 0 Å². The van der Waals surface area contributed by atoms with Crippen molar-refractivity contribution in [3.05, 3.63) is 64.7 Å². The molecule has 1 aromatic carbocycles. The first-order valence-electron chi connectivity index (χ1n) is 7.38. The summed E-state index contributed by atoms with van der Waals surface area (Å²) in [5.41, 5.74) is -0.0751. The molecule has 1 N–H and O–H groups in total. The van der Waals surface area contributed by atoms with E-state index in [0.29, 0.717) is 12.4 Å². The van der Waals surface area contributed by atoms with Crippen LogP contribution in [-0.2, 0) is 16.6 Å². The average Bonchev–Trinajstić information content (AvgIpc) is 3.11. The second-order valence-electron chi connectivity index (χ2n) is 5.37. The number of benzene rings is 1. The number of sulfonamides is 1. The van der Waals surface area contributed by atoms with Crippen LogP contribution in [0.1, 0.15) is 5.01 Å². The maximum Gasteiger partial charge on any atom is 0.263 e. The van der Waals surface area contributed by atoms with Crippen molar-refractivity contribution in [1.82, 2.24) is 9.97 Å². The van der Waals surface area contributed by atoms with Gasteiger partial charge in [0.15, 0.2) is 11.6 Å². The van der Waals surface area contributed by atoms with Crippen LogP contribution in [0.15, 0.2) is 53.0 Å². The van der Waals surface area contributed by atoms with Crippen LogP contribution >= 0.6 is 11.3 Å². The third-order valence-electron chi connectivity index (χ3n) is 3.45. The highest BCUT2D eigenvalue weighted by Gasteiger charge is 2.16. The molecular formula is C16H14F2N4O2S2. The standard InChI is InChI=1S/C16H14F2N4O2S2/c1-22(10-16-19-6-7-25-16)15-5-3-12(9-20-15)26(23,24)21-11-2-4-13(17)14(18)8-11/h2-9,21H,10H2,1H3. The summed E-state index contributed by atoms with van der Waals surface area (Å²) >= 11 is 1.51. The molecule has 0 amide bonds. The molecule has 10 heteroatoms. The normalized spacial score (nSPS) is 11.3. The zero-order chi connectivity index (χ0) is 18.7. The van der Waals surface area contributed by atoms with Gasteiger partial charge < -0.3 is 4.90 Å². The van der Waals surface area contributed by atoms with Crippen molar-refractivity contribution < 1.29 is 17.2 Å². The van der Waals surface area contributed by atoms with Gasteiger partial charge in [0.1, 0.15) is 15.7 Å². The van der Waals surface area contributed by atoms with Gasteiger partial charge in [-0.2, -0.15) is 0 Å². The largest absolute Gasteiger partial charge is 0.353 e. The molecule has 0 saturated heterocycles. The number of pyridine rings is 1. The van der Waals surface area contributed by atoms with E-state index in [4.69, 9.17) is 0 Å². The van der Waals surface area contributed by atoms with Gasteiger partial charge in [-0.3, -0.25) is 4.72 Å². The summed E-state index contributed by atoms with van der Waals surface area (Å²) in [6.45, 7) is 0.546. The Kier molecular flexibility index (Phi) is 5.14. The van der Waals surface area contributed by atoms with Crippen molar-refractivity contribution in [1.29, 1.82) is 0 Å². The number of halogens is 2. The second kappa shape index (κ2) is 7.34. The molecule has 3 rings (SSSR count). The van der Waals surface area contributed by atoms with E-state index < -0.39 is 21.7 Å². The molecule has 0 aliphatic rings. The van der Waals surface area contributed by atoms with Gasteiger partial charge in [-0.25, -0.2) is 27.2 Å². The third-order valence-corrected chi connectivity index (χ3v) is 5.58. The Morgan fingerprint density at radius 2 is 1.96 bits per heavy atom. The molecule has 136 valence electrons. The smallest absolute Gasteiger partial charge is 0.263 e. The van der Waals surface area contributed by atoms with Gasteiger partial charge in [-0.1, -0.05) is 0 Å². The van der Waals surface area contributed by atoms with Crippen molar-refractivity contribution in [2.45, 2.75) is 11.4 Å².